The molecule has 6 nitrogen and oxygen atoms in total. The largest absolute Gasteiger partial charge is 0.482 e. The van der Waals surface area contributed by atoms with Crippen LogP contribution in [0, 0.1) is 13.8 Å². The molecule has 1 aromatic carbocycles. The third-order valence-corrected chi connectivity index (χ3v) is 5.99. The normalized spacial score (nSPS) is 13.4. The van der Waals surface area contributed by atoms with Gasteiger partial charge in [-0.3, -0.25) is 0 Å². The van der Waals surface area contributed by atoms with E-state index in [4.69, 9.17) is 15.2 Å². The minimum Gasteiger partial charge on any atom is -0.482 e. The third-order valence-electron chi connectivity index (χ3n) is 4.80. The summed E-state index contributed by atoms with van der Waals surface area (Å²) < 4.78 is 10.8. The highest BCUT2D eigenvalue weighted by Gasteiger charge is 2.20. The van der Waals surface area contributed by atoms with Gasteiger partial charge in [-0.1, -0.05) is 6.07 Å². The maximum Gasteiger partial charge on any atom is 0.344 e. The molecule has 0 atom stereocenters. The molecule has 0 saturated heterocycles. The topological polar surface area (TPSA) is 87.3 Å². The van der Waals surface area contributed by atoms with Gasteiger partial charge >= 0.3 is 5.97 Å². The van der Waals surface area contributed by atoms with Crippen LogP contribution in [0.1, 0.15) is 40.2 Å². The summed E-state index contributed by atoms with van der Waals surface area (Å²) in [7, 11) is 0. The number of hydrogen-bond acceptors (Lipinski definition) is 7. The lowest BCUT2D eigenvalue weighted by atomic mass is 9.97. The number of hydrogen-bond donors (Lipinski definition) is 1. The van der Waals surface area contributed by atoms with Crippen molar-refractivity contribution in [2.45, 2.75) is 46.1 Å². The van der Waals surface area contributed by atoms with Crippen LogP contribution in [0.5, 0.6) is 5.75 Å². The Kier molecular flexibility index (Phi) is 5.17. The second-order valence-electron chi connectivity index (χ2n) is 7.19. The molecule has 0 saturated carbocycles. The molecule has 0 fully saturated rings. The van der Waals surface area contributed by atoms with Crippen molar-refractivity contribution in [1.29, 1.82) is 0 Å². The Labute approximate surface area is 167 Å². The first-order chi connectivity index (χ1) is 13.5. The van der Waals surface area contributed by atoms with Gasteiger partial charge in [-0.15, -0.1) is 11.3 Å². The van der Waals surface area contributed by atoms with E-state index in [1.165, 1.54) is 23.3 Å². The number of ether oxygens (including phenoxy) is 2. The number of nitrogens with two attached hydrogens (primary N) is 1. The van der Waals surface area contributed by atoms with Gasteiger partial charge in [0.1, 0.15) is 16.4 Å². The maximum atomic E-state index is 12.0. The van der Waals surface area contributed by atoms with E-state index in [9.17, 15) is 4.79 Å². The smallest absolute Gasteiger partial charge is 0.344 e. The number of thiophene rings is 1. The fourth-order valence-corrected chi connectivity index (χ4v) is 4.93. The van der Waals surface area contributed by atoms with E-state index in [0.717, 1.165) is 34.2 Å². The maximum absolute atomic E-state index is 12.0. The SMILES string of the molecule is Cc1cc(C)cc(OCC(=O)OCc2nc(N)c3c4c(sc3n2)CCCC4)c1. The molecule has 1 aliphatic rings. The van der Waals surface area contributed by atoms with E-state index in [-0.39, 0.29) is 13.2 Å². The van der Waals surface area contributed by atoms with Gasteiger partial charge in [-0.2, -0.15) is 0 Å². The minimum absolute atomic E-state index is 0.0161. The van der Waals surface area contributed by atoms with Crippen molar-refractivity contribution in [3.8, 4) is 5.75 Å². The van der Waals surface area contributed by atoms with Crippen molar-refractivity contribution in [3.05, 3.63) is 45.6 Å². The molecule has 7 heteroatoms. The molecule has 0 bridgehead atoms. The highest BCUT2D eigenvalue weighted by molar-refractivity contribution is 7.19. The quantitative estimate of drug-likeness (QED) is 0.657. The summed E-state index contributed by atoms with van der Waals surface area (Å²) in [4.78, 5) is 23.2. The van der Waals surface area contributed by atoms with Crippen LogP contribution < -0.4 is 10.5 Å². The Hall–Kier alpha value is -2.67. The standard InChI is InChI=1S/C21H23N3O3S/c1-12-7-13(2)9-14(8-12)26-11-18(25)27-10-17-23-20(22)19-15-5-3-4-6-16(15)28-21(19)24-17/h7-9H,3-6,10-11H2,1-2H3,(H2,22,23,24). The zero-order valence-corrected chi connectivity index (χ0v) is 16.9. The number of carbonyl (C=O) groups excluding carboxylic acids is 1. The second kappa shape index (κ2) is 7.75. The van der Waals surface area contributed by atoms with E-state index in [1.807, 2.05) is 32.0 Å². The number of aromatic nitrogens is 2. The molecule has 1 aliphatic carbocycles. The predicted octanol–water partition coefficient (Wildman–Crippen LogP) is 3.89. The van der Waals surface area contributed by atoms with Gasteiger partial charge in [-0.25, -0.2) is 14.8 Å². The van der Waals surface area contributed by atoms with Crippen LogP contribution in [0.25, 0.3) is 10.2 Å². The van der Waals surface area contributed by atoms with Gasteiger partial charge in [0.15, 0.2) is 19.0 Å². The zero-order valence-electron chi connectivity index (χ0n) is 16.1. The second-order valence-corrected chi connectivity index (χ2v) is 8.27. The fraction of sp³-hybridized carbons (Fsp3) is 0.381. The Morgan fingerprint density at radius 2 is 1.89 bits per heavy atom. The van der Waals surface area contributed by atoms with Crippen molar-refractivity contribution >= 4 is 33.3 Å². The highest BCUT2D eigenvalue weighted by Crippen LogP contribution is 2.37. The zero-order chi connectivity index (χ0) is 19.7. The molecule has 2 N–H and O–H groups in total. The minimum atomic E-state index is -0.466. The molecule has 3 aromatic rings. The average molecular weight is 398 g/mol. The lowest BCUT2D eigenvalue weighted by molar-refractivity contribution is -0.147. The lowest BCUT2D eigenvalue weighted by Gasteiger charge is -2.11. The summed E-state index contributed by atoms with van der Waals surface area (Å²) in [5.41, 5.74) is 9.65. The summed E-state index contributed by atoms with van der Waals surface area (Å²) in [6, 6.07) is 5.82. The van der Waals surface area contributed by atoms with Gasteiger partial charge < -0.3 is 15.2 Å². The molecule has 2 aromatic heterocycles. The van der Waals surface area contributed by atoms with Crippen LogP contribution in [0.3, 0.4) is 0 Å². The number of aryl methyl sites for hydroxylation is 4. The van der Waals surface area contributed by atoms with E-state index < -0.39 is 5.97 Å². The summed E-state index contributed by atoms with van der Waals surface area (Å²) in [6.07, 6.45) is 4.50. The third kappa shape index (κ3) is 3.94. The Bertz CT molecular complexity index is 1020. The molecule has 0 amide bonds. The molecule has 4 rings (SSSR count). The van der Waals surface area contributed by atoms with Crippen LogP contribution in [-0.2, 0) is 29.0 Å². The van der Waals surface area contributed by atoms with Crippen LogP contribution in [0.4, 0.5) is 5.82 Å². The van der Waals surface area contributed by atoms with Gasteiger partial charge in [-0.05, 0) is 68.4 Å². The van der Waals surface area contributed by atoms with Crippen LogP contribution >= 0.6 is 11.3 Å². The number of carbonyl (C=O) groups is 1. The molecule has 0 spiro atoms. The fourth-order valence-electron chi connectivity index (χ4n) is 3.64. The first-order valence-corrected chi connectivity index (χ1v) is 10.2. The van der Waals surface area contributed by atoms with E-state index in [2.05, 4.69) is 9.97 Å². The molecule has 146 valence electrons. The Balaban J connectivity index is 1.40. The molecule has 0 unspecified atom stereocenters. The first kappa shape index (κ1) is 18.7. The molecule has 0 aliphatic heterocycles. The van der Waals surface area contributed by atoms with E-state index >= 15 is 0 Å². The number of benzene rings is 1. The van der Waals surface area contributed by atoms with Crippen molar-refractivity contribution in [2.75, 3.05) is 12.3 Å². The predicted molar refractivity (Wildman–Crippen MR) is 110 cm³/mol. The summed E-state index contributed by atoms with van der Waals surface area (Å²) in [5, 5.41) is 0.980. The number of nitrogens with zero attached hydrogens (tertiary/aromatic N) is 2. The summed E-state index contributed by atoms with van der Waals surface area (Å²) >= 11 is 1.68. The molecule has 0 radical (unpaired) electrons. The number of anilines is 1. The number of rotatable bonds is 5. The van der Waals surface area contributed by atoms with Crippen molar-refractivity contribution in [2.24, 2.45) is 0 Å². The van der Waals surface area contributed by atoms with Crippen LogP contribution in [0.2, 0.25) is 0 Å². The number of nitrogen functional groups attached to an aromatic ring is 1. The summed E-state index contributed by atoms with van der Waals surface area (Å²) in [6.45, 7) is 3.79. The van der Waals surface area contributed by atoms with Gasteiger partial charge in [0.2, 0.25) is 0 Å². The van der Waals surface area contributed by atoms with Gasteiger partial charge in [0, 0.05) is 4.88 Å². The monoisotopic (exact) mass is 397 g/mol. The number of esters is 1. The Morgan fingerprint density at radius 3 is 2.68 bits per heavy atom. The van der Waals surface area contributed by atoms with E-state index in [1.54, 1.807) is 11.3 Å². The molecular weight excluding hydrogens is 374 g/mol. The highest BCUT2D eigenvalue weighted by atomic mass is 32.1. The molecule has 28 heavy (non-hydrogen) atoms. The van der Waals surface area contributed by atoms with Gasteiger partial charge in [0.05, 0.1) is 5.39 Å². The van der Waals surface area contributed by atoms with Crippen molar-refractivity contribution in [3.63, 3.8) is 0 Å². The van der Waals surface area contributed by atoms with Crippen molar-refractivity contribution in [1.82, 2.24) is 9.97 Å². The van der Waals surface area contributed by atoms with Crippen molar-refractivity contribution < 1.29 is 14.3 Å². The van der Waals surface area contributed by atoms with E-state index in [0.29, 0.717) is 17.4 Å². The van der Waals surface area contributed by atoms with Gasteiger partial charge in [0.25, 0.3) is 0 Å². The number of fused-ring (bicyclic) bond motifs is 3. The van der Waals surface area contributed by atoms with Crippen LogP contribution in [0.15, 0.2) is 18.2 Å². The lowest BCUT2D eigenvalue weighted by Crippen LogP contribution is -2.16. The van der Waals surface area contributed by atoms with Crippen LogP contribution in [-0.4, -0.2) is 22.5 Å². The molecular formula is C21H23N3O3S. The summed E-state index contributed by atoms with van der Waals surface area (Å²) in [5.74, 6) is 1.08. The Morgan fingerprint density at radius 1 is 1.14 bits per heavy atom. The average Bonchev–Trinajstić information content (AvgIpc) is 3.03. The molecule has 2 heterocycles. The first-order valence-electron chi connectivity index (χ1n) is 9.43.